The van der Waals surface area contributed by atoms with E-state index in [0.29, 0.717) is 17.0 Å². The molecule has 2 aromatic rings. The van der Waals surface area contributed by atoms with Gasteiger partial charge in [-0.1, -0.05) is 35.9 Å². The van der Waals surface area contributed by atoms with Gasteiger partial charge < -0.3 is 10.1 Å². The second-order valence-electron chi connectivity index (χ2n) is 4.49. The third-order valence-corrected chi connectivity index (χ3v) is 3.69. The maximum atomic E-state index is 13.9. The lowest BCUT2D eigenvalue weighted by molar-refractivity contribution is 0.400. The van der Waals surface area contributed by atoms with E-state index in [1.807, 2.05) is 31.3 Å². The van der Waals surface area contributed by atoms with Gasteiger partial charge in [0.15, 0.2) is 0 Å². The molecule has 106 valence electrons. The zero-order chi connectivity index (χ0) is 14.5. The van der Waals surface area contributed by atoms with Gasteiger partial charge >= 0.3 is 0 Å². The van der Waals surface area contributed by atoms with Gasteiger partial charge in [0.2, 0.25) is 0 Å². The van der Waals surface area contributed by atoms with Gasteiger partial charge in [-0.2, -0.15) is 0 Å². The Morgan fingerprint density at radius 1 is 1.20 bits per heavy atom. The highest BCUT2D eigenvalue weighted by Crippen LogP contribution is 2.30. The molecule has 0 fully saturated rings. The van der Waals surface area contributed by atoms with Crippen LogP contribution in [-0.2, 0) is 6.42 Å². The summed E-state index contributed by atoms with van der Waals surface area (Å²) in [6.07, 6.45) is 0.461. The Balaban J connectivity index is 2.34. The number of likely N-dealkylation sites (N-methyl/N-ethyl adjacent to an activating group) is 1. The maximum absolute atomic E-state index is 13.9. The number of para-hydroxylation sites is 1. The largest absolute Gasteiger partial charge is 0.496 e. The van der Waals surface area contributed by atoms with Gasteiger partial charge in [-0.3, -0.25) is 0 Å². The number of rotatable bonds is 5. The number of nitrogens with one attached hydrogen (secondary N) is 1. The highest BCUT2D eigenvalue weighted by atomic mass is 35.5. The minimum absolute atomic E-state index is 0.0689. The quantitative estimate of drug-likeness (QED) is 0.900. The van der Waals surface area contributed by atoms with Crippen LogP contribution >= 0.6 is 11.6 Å². The van der Waals surface area contributed by atoms with E-state index in [1.165, 1.54) is 6.07 Å². The van der Waals surface area contributed by atoms with Crippen LogP contribution in [0.1, 0.15) is 17.2 Å². The molecule has 2 aromatic carbocycles. The van der Waals surface area contributed by atoms with Gasteiger partial charge in [0.05, 0.1) is 7.11 Å². The summed E-state index contributed by atoms with van der Waals surface area (Å²) in [6, 6.07) is 12.4. The molecule has 0 heterocycles. The summed E-state index contributed by atoms with van der Waals surface area (Å²) in [7, 11) is 3.47. The molecule has 0 saturated carbocycles. The molecule has 0 saturated heterocycles. The minimum atomic E-state index is -0.285. The van der Waals surface area contributed by atoms with Crippen LogP contribution < -0.4 is 10.1 Å². The molecule has 1 N–H and O–H groups in total. The van der Waals surface area contributed by atoms with Crippen molar-refractivity contribution in [1.29, 1.82) is 0 Å². The van der Waals surface area contributed by atoms with Crippen molar-refractivity contribution in [2.45, 2.75) is 12.5 Å². The normalized spacial score (nSPS) is 12.2. The second-order valence-corrected chi connectivity index (χ2v) is 4.89. The van der Waals surface area contributed by atoms with E-state index in [2.05, 4.69) is 5.32 Å². The fourth-order valence-corrected chi connectivity index (χ4v) is 2.49. The first-order valence-corrected chi connectivity index (χ1v) is 6.78. The molecule has 0 aliphatic heterocycles. The van der Waals surface area contributed by atoms with Crippen molar-refractivity contribution >= 4 is 11.6 Å². The summed E-state index contributed by atoms with van der Waals surface area (Å²) in [6.45, 7) is 0. The zero-order valence-corrected chi connectivity index (χ0v) is 12.2. The molecule has 4 heteroatoms. The number of methoxy groups -OCH3 is 1. The Kier molecular flexibility index (Phi) is 4.99. The molecule has 2 rings (SSSR count). The molecule has 0 aliphatic rings. The summed E-state index contributed by atoms with van der Waals surface area (Å²) in [5.41, 5.74) is 1.50. The van der Waals surface area contributed by atoms with Crippen LogP contribution in [-0.4, -0.2) is 14.2 Å². The van der Waals surface area contributed by atoms with E-state index in [4.69, 9.17) is 16.3 Å². The highest BCUT2D eigenvalue weighted by Gasteiger charge is 2.18. The molecule has 0 bridgehead atoms. The highest BCUT2D eigenvalue weighted by molar-refractivity contribution is 6.31. The number of hydrogen-bond donors (Lipinski definition) is 1. The number of ether oxygens (including phenoxy) is 1. The Labute approximate surface area is 123 Å². The van der Waals surface area contributed by atoms with Crippen molar-refractivity contribution in [3.63, 3.8) is 0 Å². The molecule has 1 atom stereocenters. The molecular weight excluding hydrogens is 277 g/mol. The van der Waals surface area contributed by atoms with Gasteiger partial charge in [-0.05, 0) is 31.7 Å². The second kappa shape index (κ2) is 6.73. The molecule has 2 nitrogen and oxygen atoms in total. The Morgan fingerprint density at radius 2 is 1.95 bits per heavy atom. The molecule has 0 amide bonds. The van der Waals surface area contributed by atoms with Gasteiger partial charge in [-0.25, -0.2) is 4.39 Å². The van der Waals surface area contributed by atoms with Gasteiger partial charge in [0.25, 0.3) is 0 Å². The zero-order valence-electron chi connectivity index (χ0n) is 11.5. The van der Waals surface area contributed by atoms with E-state index in [1.54, 1.807) is 19.2 Å². The molecular formula is C16H17ClFNO. The maximum Gasteiger partial charge on any atom is 0.127 e. The number of benzene rings is 2. The standard InChI is InChI=1S/C16H17ClFNO/c1-19-15(11-6-3-4-9-16(11)20-2)10-12-13(17)7-5-8-14(12)18/h3-9,15,19H,10H2,1-2H3. The average molecular weight is 294 g/mol. The van der Waals surface area contributed by atoms with Crippen molar-refractivity contribution in [1.82, 2.24) is 5.32 Å². The van der Waals surface area contributed by atoms with E-state index < -0.39 is 0 Å². The summed E-state index contributed by atoms with van der Waals surface area (Å²) in [5.74, 6) is 0.493. The van der Waals surface area contributed by atoms with Crippen molar-refractivity contribution in [2.24, 2.45) is 0 Å². The van der Waals surface area contributed by atoms with Crippen LogP contribution in [0.3, 0.4) is 0 Å². The van der Waals surface area contributed by atoms with E-state index >= 15 is 0 Å². The molecule has 0 radical (unpaired) electrons. The fourth-order valence-electron chi connectivity index (χ4n) is 2.25. The summed E-state index contributed by atoms with van der Waals surface area (Å²) < 4.78 is 19.3. The van der Waals surface area contributed by atoms with E-state index in [9.17, 15) is 4.39 Å². The van der Waals surface area contributed by atoms with E-state index in [-0.39, 0.29) is 11.9 Å². The average Bonchev–Trinajstić information content (AvgIpc) is 2.47. The monoisotopic (exact) mass is 293 g/mol. The molecule has 0 aliphatic carbocycles. The third kappa shape index (κ3) is 3.11. The molecule has 0 aromatic heterocycles. The lowest BCUT2D eigenvalue weighted by Crippen LogP contribution is -2.20. The van der Waals surface area contributed by atoms with Crippen LogP contribution in [0.15, 0.2) is 42.5 Å². The lowest BCUT2D eigenvalue weighted by Gasteiger charge is -2.20. The molecule has 1 unspecified atom stereocenters. The smallest absolute Gasteiger partial charge is 0.127 e. The minimum Gasteiger partial charge on any atom is -0.496 e. The first-order chi connectivity index (χ1) is 9.67. The van der Waals surface area contributed by atoms with Gasteiger partial charge in [-0.15, -0.1) is 0 Å². The first-order valence-electron chi connectivity index (χ1n) is 6.40. The number of halogens is 2. The van der Waals surface area contributed by atoms with Crippen LogP contribution in [0.5, 0.6) is 5.75 Å². The predicted molar refractivity (Wildman–Crippen MR) is 79.9 cm³/mol. The molecule has 20 heavy (non-hydrogen) atoms. The van der Waals surface area contributed by atoms with Crippen LogP contribution in [0.25, 0.3) is 0 Å². The molecule has 0 spiro atoms. The van der Waals surface area contributed by atoms with Crippen molar-refractivity contribution in [3.05, 3.63) is 64.4 Å². The lowest BCUT2D eigenvalue weighted by atomic mass is 9.98. The summed E-state index contributed by atoms with van der Waals surface area (Å²) in [5, 5.41) is 3.64. The topological polar surface area (TPSA) is 21.3 Å². The van der Waals surface area contributed by atoms with Gasteiger partial charge in [0.1, 0.15) is 11.6 Å². The van der Waals surface area contributed by atoms with Crippen molar-refractivity contribution in [3.8, 4) is 5.75 Å². The van der Waals surface area contributed by atoms with Crippen LogP contribution in [0.2, 0.25) is 5.02 Å². The first kappa shape index (κ1) is 14.8. The SMILES string of the molecule is CNC(Cc1c(F)cccc1Cl)c1ccccc1OC. The van der Waals surface area contributed by atoms with Crippen LogP contribution in [0, 0.1) is 5.82 Å². The third-order valence-electron chi connectivity index (χ3n) is 3.33. The van der Waals surface area contributed by atoms with Crippen molar-refractivity contribution in [2.75, 3.05) is 14.2 Å². The summed E-state index contributed by atoms with van der Waals surface area (Å²) in [4.78, 5) is 0. The summed E-state index contributed by atoms with van der Waals surface area (Å²) >= 11 is 6.09. The Morgan fingerprint density at radius 3 is 2.60 bits per heavy atom. The number of hydrogen-bond acceptors (Lipinski definition) is 2. The Hall–Kier alpha value is -1.58. The fraction of sp³-hybridized carbons (Fsp3) is 0.250. The Bertz CT molecular complexity index is 568. The van der Waals surface area contributed by atoms with Gasteiger partial charge in [0, 0.05) is 22.2 Å². The predicted octanol–water partition coefficient (Wildman–Crippen LogP) is 3.99. The van der Waals surface area contributed by atoms with E-state index in [0.717, 1.165) is 11.3 Å². The van der Waals surface area contributed by atoms with Crippen molar-refractivity contribution < 1.29 is 9.13 Å². The van der Waals surface area contributed by atoms with Crippen LogP contribution in [0.4, 0.5) is 4.39 Å².